The molecule has 0 fully saturated rings. The third-order valence-corrected chi connectivity index (χ3v) is 8.96. The summed E-state index contributed by atoms with van der Waals surface area (Å²) in [6, 6.07) is 21.5. The van der Waals surface area contributed by atoms with Crippen LogP contribution in [-0.4, -0.2) is 29.6 Å². The van der Waals surface area contributed by atoms with Gasteiger partial charge in [-0.3, -0.25) is 4.79 Å². The summed E-state index contributed by atoms with van der Waals surface area (Å²) in [5, 5.41) is 2.80. The molecule has 0 bridgehead atoms. The van der Waals surface area contributed by atoms with Crippen LogP contribution in [0.1, 0.15) is 36.6 Å². The van der Waals surface area contributed by atoms with Crippen molar-refractivity contribution in [1.29, 1.82) is 0 Å². The van der Waals surface area contributed by atoms with Crippen molar-refractivity contribution in [2.24, 2.45) is 0 Å². The third-order valence-electron chi connectivity index (χ3n) is 7.21. The van der Waals surface area contributed by atoms with Crippen molar-refractivity contribution in [2.45, 2.75) is 37.4 Å². The van der Waals surface area contributed by atoms with E-state index in [-0.39, 0.29) is 28.5 Å². The zero-order chi connectivity index (χ0) is 30.9. The molecule has 0 saturated carbocycles. The molecule has 1 atom stereocenters. The number of aromatic nitrogens is 2. The Morgan fingerprint density at radius 3 is 2.19 bits per heavy atom. The number of anilines is 1. The molecular formula is C32H27F4N3O3S. The second-order valence-electron chi connectivity index (χ2n) is 10.1. The van der Waals surface area contributed by atoms with Crippen molar-refractivity contribution >= 4 is 32.5 Å². The molecule has 4 aromatic carbocycles. The molecule has 222 valence electrons. The number of benzene rings is 4. The third kappa shape index (κ3) is 6.46. The average molecular weight is 610 g/mol. The minimum absolute atomic E-state index is 0.0150. The van der Waals surface area contributed by atoms with Gasteiger partial charge in [-0.15, -0.1) is 0 Å². The molecule has 11 heteroatoms. The molecule has 1 N–H and O–H groups in total. The number of nitrogens with zero attached hydrogens (tertiary/aromatic N) is 2. The summed E-state index contributed by atoms with van der Waals surface area (Å²) in [5.41, 5.74) is 2.26. The fraction of sp³-hybridized carbons (Fsp3) is 0.188. The number of alkyl halides is 3. The van der Waals surface area contributed by atoms with E-state index >= 15 is 0 Å². The van der Waals surface area contributed by atoms with Gasteiger partial charge in [0.1, 0.15) is 11.6 Å². The first kappa shape index (κ1) is 30.0. The number of carbonyl (C=O) groups excluding carboxylic acids is 1. The molecule has 0 aliphatic heterocycles. The van der Waals surface area contributed by atoms with Gasteiger partial charge in [-0.25, -0.2) is 17.8 Å². The van der Waals surface area contributed by atoms with Crippen LogP contribution in [0, 0.1) is 5.82 Å². The Labute approximate surface area is 245 Å². The van der Waals surface area contributed by atoms with E-state index in [0.29, 0.717) is 33.7 Å². The zero-order valence-corrected chi connectivity index (χ0v) is 24.0. The number of halogens is 4. The predicted molar refractivity (Wildman–Crippen MR) is 157 cm³/mol. The number of fused-ring (bicyclic) bond motifs is 1. The fourth-order valence-electron chi connectivity index (χ4n) is 4.83. The number of rotatable bonds is 8. The van der Waals surface area contributed by atoms with E-state index in [1.54, 1.807) is 66.9 Å². The second kappa shape index (κ2) is 11.6. The zero-order valence-electron chi connectivity index (χ0n) is 23.2. The Balaban J connectivity index is 1.42. The largest absolute Gasteiger partial charge is 0.416 e. The monoisotopic (exact) mass is 609 g/mol. The van der Waals surface area contributed by atoms with Gasteiger partial charge in [0.25, 0.3) is 0 Å². The molecule has 1 heterocycles. The van der Waals surface area contributed by atoms with Crippen LogP contribution in [-0.2, 0) is 27.2 Å². The lowest BCUT2D eigenvalue weighted by atomic mass is 10.1. The van der Waals surface area contributed by atoms with Crippen molar-refractivity contribution in [3.8, 4) is 11.4 Å². The Morgan fingerprint density at radius 1 is 0.930 bits per heavy atom. The second-order valence-corrected chi connectivity index (χ2v) is 12.4. The maximum atomic E-state index is 13.6. The van der Waals surface area contributed by atoms with E-state index in [2.05, 4.69) is 10.3 Å². The number of sulfone groups is 1. The van der Waals surface area contributed by atoms with Gasteiger partial charge in [0.15, 0.2) is 9.84 Å². The standard InChI is InChI=1S/C32H27F4N3O3S/c1-3-43(41,42)27-15-4-21(5-16-27)18-30(40)37-26-13-8-23(9-14-26)31-38-28-17-10-24(32(34,35)36)19-29(28)39(31)20(2)22-6-11-25(33)12-7-22/h4-17,19-20H,3,18H2,1-2H3,(H,37,40)/t20-/m1/s1. The normalized spacial score (nSPS) is 12.8. The summed E-state index contributed by atoms with van der Waals surface area (Å²) >= 11 is 0. The highest BCUT2D eigenvalue weighted by Gasteiger charge is 2.31. The Kier molecular flexibility index (Phi) is 8.11. The Bertz CT molecular complexity index is 1880. The summed E-state index contributed by atoms with van der Waals surface area (Å²) < 4.78 is 80.1. The van der Waals surface area contributed by atoms with Gasteiger partial charge >= 0.3 is 6.18 Å². The van der Waals surface area contributed by atoms with Crippen LogP contribution in [0.5, 0.6) is 0 Å². The van der Waals surface area contributed by atoms with Crippen molar-refractivity contribution in [1.82, 2.24) is 9.55 Å². The molecule has 6 nitrogen and oxygen atoms in total. The average Bonchev–Trinajstić information content (AvgIpc) is 3.36. The van der Waals surface area contributed by atoms with Gasteiger partial charge in [0.2, 0.25) is 5.91 Å². The van der Waals surface area contributed by atoms with Gasteiger partial charge in [0, 0.05) is 11.3 Å². The number of carbonyl (C=O) groups is 1. The van der Waals surface area contributed by atoms with Gasteiger partial charge < -0.3 is 9.88 Å². The van der Waals surface area contributed by atoms with Crippen LogP contribution >= 0.6 is 0 Å². The molecule has 5 aromatic rings. The summed E-state index contributed by atoms with van der Waals surface area (Å²) in [7, 11) is -3.34. The molecule has 5 rings (SSSR count). The fourth-order valence-corrected chi connectivity index (χ4v) is 5.71. The minimum Gasteiger partial charge on any atom is -0.326 e. The minimum atomic E-state index is -4.54. The lowest BCUT2D eigenvalue weighted by molar-refractivity contribution is -0.137. The van der Waals surface area contributed by atoms with Crippen LogP contribution in [0.2, 0.25) is 0 Å². The maximum absolute atomic E-state index is 13.6. The molecular weight excluding hydrogens is 582 g/mol. The molecule has 43 heavy (non-hydrogen) atoms. The lowest BCUT2D eigenvalue weighted by Gasteiger charge is -2.19. The first-order valence-corrected chi connectivity index (χ1v) is 15.1. The smallest absolute Gasteiger partial charge is 0.326 e. The predicted octanol–water partition coefficient (Wildman–Crippen LogP) is 7.45. The molecule has 0 saturated heterocycles. The topological polar surface area (TPSA) is 81.1 Å². The van der Waals surface area contributed by atoms with Gasteiger partial charge in [0.05, 0.1) is 39.7 Å². The van der Waals surface area contributed by atoms with Crippen LogP contribution in [0.25, 0.3) is 22.4 Å². The van der Waals surface area contributed by atoms with Gasteiger partial charge in [-0.1, -0.05) is 31.2 Å². The highest BCUT2D eigenvalue weighted by atomic mass is 32.2. The number of hydrogen-bond donors (Lipinski definition) is 1. The summed E-state index contributed by atoms with van der Waals surface area (Å²) in [6.07, 6.45) is -4.52. The van der Waals surface area contributed by atoms with Crippen molar-refractivity contribution in [3.63, 3.8) is 0 Å². The summed E-state index contributed by atoms with van der Waals surface area (Å²) in [5.74, 6) is -0.342. The number of imidazole rings is 1. The van der Waals surface area contributed by atoms with E-state index in [1.807, 2.05) is 0 Å². The SMILES string of the molecule is CCS(=O)(=O)c1ccc(CC(=O)Nc2ccc(-c3nc4ccc(C(F)(F)F)cc4n3[C@H](C)c3ccc(F)cc3)cc2)cc1. The summed E-state index contributed by atoms with van der Waals surface area (Å²) in [4.78, 5) is 17.5. The van der Waals surface area contributed by atoms with Crippen molar-refractivity contribution in [2.75, 3.05) is 11.1 Å². The van der Waals surface area contributed by atoms with E-state index < -0.39 is 33.4 Å². The van der Waals surface area contributed by atoms with Crippen LogP contribution in [0.15, 0.2) is 95.9 Å². The highest BCUT2D eigenvalue weighted by Crippen LogP contribution is 2.36. The molecule has 0 unspecified atom stereocenters. The van der Waals surface area contributed by atoms with Gasteiger partial charge in [-0.05, 0) is 84.8 Å². The van der Waals surface area contributed by atoms with Crippen LogP contribution in [0.3, 0.4) is 0 Å². The lowest BCUT2D eigenvalue weighted by Crippen LogP contribution is -2.14. The molecule has 0 aliphatic rings. The van der Waals surface area contributed by atoms with E-state index in [4.69, 9.17) is 0 Å². The molecule has 1 aromatic heterocycles. The number of nitrogens with one attached hydrogen (secondary N) is 1. The van der Waals surface area contributed by atoms with Crippen molar-refractivity contribution in [3.05, 3.63) is 114 Å². The number of amides is 1. The van der Waals surface area contributed by atoms with Crippen LogP contribution < -0.4 is 5.32 Å². The Hall–Kier alpha value is -4.51. The number of hydrogen-bond acceptors (Lipinski definition) is 4. The van der Waals surface area contributed by atoms with E-state index in [9.17, 15) is 30.8 Å². The van der Waals surface area contributed by atoms with E-state index in [0.717, 1.165) is 12.1 Å². The summed E-state index contributed by atoms with van der Waals surface area (Å²) in [6.45, 7) is 3.37. The van der Waals surface area contributed by atoms with E-state index in [1.165, 1.54) is 30.3 Å². The van der Waals surface area contributed by atoms with Crippen molar-refractivity contribution < 1.29 is 30.8 Å². The molecule has 1 amide bonds. The first-order valence-electron chi connectivity index (χ1n) is 13.4. The molecule has 0 aliphatic carbocycles. The van der Waals surface area contributed by atoms with Crippen LogP contribution in [0.4, 0.5) is 23.2 Å². The molecule has 0 radical (unpaired) electrons. The quantitative estimate of drug-likeness (QED) is 0.185. The van der Waals surface area contributed by atoms with Gasteiger partial charge in [-0.2, -0.15) is 13.2 Å². The maximum Gasteiger partial charge on any atom is 0.416 e. The highest BCUT2D eigenvalue weighted by molar-refractivity contribution is 7.91. The first-order chi connectivity index (χ1) is 20.4. The molecule has 0 spiro atoms. The Morgan fingerprint density at radius 2 is 1.58 bits per heavy atom.